The van der Waals surface area contributed by atoms with E-state index in [1.807, 2.05) is 42.5 Å². The molecule has 0 unspecified atom stereocenters. The number of rotatable bonds is 0. The van der Waals surface area contributed by atoms with Gasteiger partial charge in [0.15, 0.2) is 0 Å². The normalized spacial score (nSPS) is 11.5. The molecule has 0 bridgehead atoms. The van der Waals surface area contributed by atoms with E-state index in [4.69, 9.17) is 0 Å². The zero-order valence-electron chi connectivity index (χ0n) is 12.3. The molecule has 0 saturated carbocycles. The van der Waals surface area contributed by atoms with Crippen LogP contribution in [0.5, 0.6) is 0 Å². The summed E-state index contributed by atoms with van der Waals surface area (Å²) in [5.74, 6) is -0.0405. The van der Waals surface area contributed by atoms with E-state index in [0.29, 0.717) is 0 Å². The van der Waals surface area contributed by atoms with Crippen molar-refractivity contribution in [3.8, 4) is 0 Å². The minimum atomic E-state index is -0.0235. The monoisotopic (exact) mass is 290 g/mol. The molecule has 0 amide bonds. The second kappa shape index (κ2) is 4.31. The van der Waals surface area contributed by atoms with Crippen molar-refractivity contribution in [3.63, 3.8) is 0 Å². The molecule has 0 aliphatic rings. The number of aromatic nitrogens is 2. The van der Waals surface area contributed by atoms with Gasteiger partial charge in [-0.3, -0.25) is 18.7 Å². The van der Waals surface area contributed by atoms with Gasteiger partial charge in [0.05, 0.1) is 16.6 Å². The summed E-state index contributed by atoms with van der Waals surface area (Å²) in [5.41, 5.74) is 2.64. The molecule has 0 N–H and O–H groups in total. The number of carbonyl (C=O) groups is 2. The van der Waals surface area contributed by atoms with E-state index in [0.717, 1.165) is 32.7 Å². The molecule has 4 nitrogen and oxygen atoms in total. The lowest BCUT2D eigenvalue weighted by Gasteiger charge is -2.03. The smallest absolute Gasteiger partial charge is 0.228 e. The van der Waals surface area contributed by atoms with Crippen molar-refractivity contribution < 1.29 is 9.59 Å². The summed E-state index contributed by atoms with van der Waals surface area (Å²) in [5, 5.41) is 3.03. The third-order valence-electron chi connectivity index (χ3n) is 4.16. The first-order valence-corrected chi connectivity index (χ1v) is 7.14. The predicted octanol–water partition coefficient (Wildman–Crippen LogP) is 4.07. The van der Waals surface area contributed by atoms with Gasteiger partial charge in [0.2, 0.25) is 11.8 Å². The fourth-order valence-corrected chi connectivity index (χ4v) is 3.30. The standard InChI is InChI=1S/C18H14N2O2/c1-11(21)19-10-9-14-15(19)7-8-17-18(14)13-5-3-4-6-16(13)20(17)12(2)22/h3-10H,1-2H3. The molecule has 22 heavy (non-hydrogen) atoms. The van der Waals surface area contributed by atoms with Gasteiger partial charge in [-0.2, -0.15) is 0 Å². The van der Waals surface area contributed by atoms with Crippen molar-refractivity contribution in [2.45, 2.75) is 13.8 Å². The van der Waals surface area contributed by atoms with E-state index in [1.54, 1.807) is 29.2 Å². The second-order valence-electron chi connectivity index (χ2n) is 5.47. The Morgan fingerprint density at radius 3 is 2.18 bits per heavy atom. The largest absolute Gasteiger partial charge is 0.287 e. The molecule has 0 saturated heterocycles. The van der Waals surface area contributed by atoms with E-state index >= 15 is 0 Å². The third kappa shape index (κ3) is 1.52. The number of carbonyl (C=O) groups excluding carboxylic acids is 2. The Labute approximate surface area is 126 Å². The minimum Gasteiger partial charge on any atom is -0.287 e. The average Bonchev–Trinajstić information content (AvgIpc) is 3.05. The summed E-state index contributed by atoms with van der Waals surface area (Å²) in [6.45, 7) is 3.11. The van der Waals surface area contributed by atoms with Gasteiger partial charge in [-0.15, -0.1) is 0 Å². The molecule has 4 aromatic rings. The quantitative estimate of drug-likeness (QED) is 0.490. The van der Waals surface area contributed by atoms with Gasteiger partial charge >= 0.3 is 0 Å². The molecule has 108 valence electrons. The molecule has 2 aromatic carbocycles. The lowest BCUT2D eigenvalue weighted by Crippen LogP contribution is -2.05. The summed E-state index contributed by atoms with van der Waals surface area (Å²) < 4.78 is 3.36. The first-order chi connectivity index (χ1) is 10.6. The molecule has 0 aliphatic heterocycles. The maximum Gasteiger partial charge on any atom is 0.228 e. The van der Waals surface area contributed by atoms with Crippen molar-refractivity contribution in [2.24, 2.45) is 0 Å². The fourth-order valence-electron chi connectivity index (χ4n) is 3.30. The highest BCUT2D eigenvalue weighted by Crippen LogP contribution is 2.35. The Bertz CT molecular complexity index is 1080. The number of fused-ring (bicyclic) bond motifs is 5. The summed E-state index contributed by atoms with van der Waals surface area (Å²) in [4.78, 5) is 23.8. The van der Waals surface area contributed by atoms with Crippen molar-refractivity contribution >= 4 is 44.5 Å². The van der Waals surface area contributed by atoms with E-state index in [9.17, 15) is 9.59 Å². The highest BCUT2D eigenvalue weighted by molar-refractivity contribution is 6.23. The van der Waals surface area contributed by atoms with Crippen LogP contribution in [-0.2, 0) is 0 Å². The third-order valence-corrected chi connectivity index (χ3v) is 4.16. The van der Waals surface area contributed by atoms with Crippen molar-refractivity contribution in [1.82, 2.24) is 9.13 Å². The average molecular weight is 290 g/mol. The Hall–Kier alpha value is -2.88. The van der Waals surface area contributed by atoms with Crippen LogP contribution >= 0.6 is 0 Å². The Morgan fingerprint density at radius 1 is 0.773 bits per heavy atom. The summed E-state index contributed by atoms with van der Waals surface area (Å²) in [6, 6.07) is 13.6. The van der Waals surface area contributed by atoms with Crippen LogP contribution in [0.2, 0.25) is 0 Å². The highest BCUT2D eigenvalue weighted by atomic mass is 16.2. The Balaban J connectivity index is 2.30. The van der Waals surface area contributed by atoms with Crippen LogP contribution in [0.3, 0.4) is 0 Å². The number of hydrogen-bond acceptors (Lipinski definition) is 2. The van der Waals surface area contributed by atoms with Gasteiger partial charge in [0.1, 0.15) is 0 Å². The molecule has 2 heterocycles. The molecule has 0 spiro atoms. The first kappa shape index (κ1) is 12.8. The van der Waals surface area contributed by atoms with Crippen LogP contribution in [0.25, 0.3) is 32.7 Å². The number of nitrogens with zero attached hydrogens (tertiary/aromatic N) is 2. The number of benzene rings is 2. The van der Waals surface area contributed by atoms with E-state index in [1.165, 1.54) is 0 Å². The van der Waals surface area contributed by atoms with Crippen molar-refractivity contribution in [2.75, 3.05) is 0 Å². The lowest BCUT2D eigenvalue weighted by atomic mass is 10.1. The van der Waals surface area contributed by atoms with E-state index in [2.05, 4.69) is 0 Å². The second-order valence-corrected chi connectivity index (χ2v) is 5.47. The lowest BCUT2D eigenvalue weighted by molar-refractivity contribution is 0.0934. The van der Waals surface area contributed by atoms with E-state index < -0.39 is 0 Å². The van der Waals surface area contributed by atoms with E-state index in [-0.39, 0.29) is 11.8 Å². The van der Waals surface area contributed by atoms with Crippen molar-refractivity contribution in [3.05, 3.63) is 48.7 Å². The topological polar surface area (TPSA) is 44.0 Å². The SMILES string of the molecule is CC(=O)n1ccc2c3c4ccccc4n(C(C)=O)c3ccc21. The van der Waals surface area contributed by atoms with Crippen LogP contribution in [0.1, 0.15) is 23.4 Å². The molecule has 2 aromatic heterocycles. The predicted molar refractivity (Wildman–Crippen MR) is 87.5 cm³/mol. The zero-order valence-corrected chi connectivity index (χ0v) is 12.3. The van der Waals surface area contributed by atoms with Crippen LogP contribution in [0, 0.1) is 0 Å². The maximum absolute atomic E-state index is 12.1. The summed E-state index contributed by atoms with van der Waals surface area (Å²) in [6.07, 6.45) is 1.78. The van der Waals surface area contributed by atoms with Gasteiger partial charge in [-0.25, -0.2) is 0 Å². The molecular formula is C18H14N2O2. The molecule has 4 heteroatoms. The highest BCUT2D eigenvalue weighted by Gasteiger charge is 2.17. The molecule has 4 rings (SSSR count). The summed E-state index contributed by atoms with van der Waals surface area (Å²) in [7, 11) is 0. The number of hydrogen-bond donors (Lipinski definition) is 0. The van der Waals surface area contributed by atoms with Gasteiger partial charge in [-0.1, -0.05) is 18.2 Å². The molecule has 0 radical (unpaired) electrons. The summed E-state index contributed by atoms with van der Waals surface area (Å²) >= 11 is 0. The minimum absolute atomic E-state index is 0.0171. The Kier molecular flexibility index (Phi) is 2.51. The molecule has 0 fully saturated rings. The number of para-hydroxylation sites is 1. The van der Waals surface area contributed by atoms with Crippen LogP contribution < -0.4 is 0 Å². The van der Waals surface area contributed by atoms with Crippen molar-refractivity contribution in [1.29, 1.82) is 0 Å². The maximum atomic E-state index is 12.1. The van der Waals surface area contributed by atoms with Gasteiger partial charge < -0.3 is 0 Å². The zero-order chi connectivity index (χ0) is 15.4. The van der Waals surface area contributed by atoms with Crippen LogP contribution in [0.15, 0.2) is 48.7 Å². The van der Waals surface area contributed by atoms with Gasteiger partial charge in [0.25, 0.3) is 0 Å². The van der Waals surface area contributed by atoms with Gasteiger partial charge in [0, 0.05) is 36.2 Å². The fraction of sp³-hybridized carbons (Fsp3) is 0.111. The molecular weight excluding hydrogens is 276 g/mol. The van der Waals surface area contributed by atoms with Gasteiger partial charge in [-0.05, 0) is 24.3 Å². The molecule has 0 aliphatic carbocycles. The first-order valence-electron chi connectivity index (χ1n) is 7.14. The Morgan fingerprint density at radius 2 is 1.45 bits per heavy atom. The van der Waals surface area contributed by atoms with Crippen LogP contribution in [0.4, 0.5) is 0 Å². The van der Waals surface area contributed by atoms with Crippen LogP contribution in [-0.4, -0.2) is 20.9 Å². The molecule has 0 atom stereocenters.